The number of ether oxygens (including phenoxy) is 2. The number of nitrogens with zero attached hydrogens (tertiary/aromatic N) is 1. The second kappa shape index (κ2) is 15.2. The van der Waals surface area contributed by atoms with Crippen molar-refractivity contribution >= 4 is 23.9 Å². The van der Waals surface area contributed by atoms with Crippen molar-refractivity contribution in [2.75, 3.05) is 6.54 Å². The molecule has 9 nitrogen and oxygen atoms in total. The van der Waals surface area contributed by atoms with Gasteiger partial charge in [-0.15, -0.1) is 6.42 Å². The Morgan fingerprint density at radius 2 is 1.47 bits per heavy atom. The van der Waals surface area contributed by atoms with Crippen LogP contribution in [0.15, 0.2) is 54.6 Å². The third kappa shape index (κ3) is 11.5. The highest BCUT2D eigenvalue weighted by molar-refractivity contribution is 5.93. The zero-order chi connectivity index (χ0) is 32.4. The molecule has 0 saturated carbocycles. The molecule has 0 heterocycles. The molecule has 3 amide bonds. The minimum Gasteiger partial charge on any atom is -0.458 e. The van der Waals surface area contributed by atoms with E-state index in [1.54, 1.807) is 65.8 Å². The molecule has 2 aromatic rings. The summed E-state index contributed by atoms with van der Waals surface area (Å²) in [7, 11) is 0. The van der Waals surface area contributed by atoms with Gasteiger partial charge in [0.1, 0.15) is 29.3 Å². The Labute approximate surface area is 255 Å². The Balaban J connectivity index is 2.50. The Morgan fingerprint density at radius 1 is 0.884 bits per heavy atom. The van der Waals surface area contributed by atoms with Gasteiger partial charge >= 0.3 is 12.1 Å². The number of nitrogens with one attached hydrogen (secondary N) is 2. The van der Waals surface area contributed by atoms with Crippen LogP contribution in [0, 0.1) is 12.3 Å². The first-order chi connectivity index (χ1) is 20.0. The molecule has 0 aromatic heterocycles. The number of benzene rings is 2. The van der Waals surface area contributed by atoms with Gasteiger partial charge in [0.25, 0.3) is 0 Å². The fraction of sp³-hybridized carbons (Fsp3) is 0.471. The van der Waals surface area contributed by atoms with E-state index in [4.69, 9.17) is 15.9 Å². The van der Waals surface area contributed by atoms with Crippen LogP contribution >= 0.6 is 0 Å². The van der Waals surface area contributed by atoms with Crippen molar-refractivity contribution < 1.29 is 28.7 Å². The van der Waals surface area contributed by atoms with Crippen molar-refractivity contribution in [3.8, 4) is 12.3 Å². The second-order valence-corrected chi connectivity index (χ2v) is 12.4. The third-order valence-corrected chi connectivity index (χ3v) is 6.09. The largest absolute Gasteiger partial charge is 0.458 e. The number of hydrogen-bond donors (Lipinski definition) is 2. The number of hydrogen-bond acceptors (Lipinski definition) is 6. The summed E-state index contributed by atoms with van der Waals surface area (Å²) in [5.74, 6) is 0.881. The molecule has 0 aliphatic carbocycles. The van der Waals surface area contributed by atoms with E-state index in [1.807, 2.05) is 37.3 Å². The fourth-order valence-corrected chi connectivity index (χ4v) is 4.30. The summed E-state index contributed by atoms with van der Waals surface area (Å²) in [6.07, 6.45) is 5.50. The van der Waals surface area contributed by atoms with Gasteiger partial charge in [0.15, 0.2) is 0 Å². The summed E-state index contributed by atoms with van der Waals surface area (Å²) < 4.78 is 11.0. The van der Waals surface area contributed by atoms with E-state index in [1.165, 1.54) is 11.8 Å². The molecule has 3 unspecified atom stereocenters. The monoisotopic (exact) mass is 591 g/mol. The van der Waals surface area contributed by atoms with Gasteiger partial charge in [0.05, 0.1) is 0 Å². The van der Waals surface area contributed by atoms with Crippen molar-refractivity contribution in [2.24, 2.45) is 0 Å². The molecule has 0 radical (unpaired) electrons. The lowest BCUT2D eigenvalue weighted by atomic mass is 9.99. The van der Waals surface area contributed by atoms with Crippen LogP contribution in [0.25, 0.3) is 0 Å². The molecule has 0 fully saturated rings. The molecule has 2 N–H and O–H groups in total. The Morgan fingerprint density at radius 3 is 1.98 bits per heavy atom. The zero-order valence-electron chi connectivity index (χ0n) is 26.5. The minimum absolute atomic E-state index is 0.183. The van der Waals surface area contributed by atoms with Crippen LogP contribution in [0.2, 0.25) is 0 Å². The van der Waals surface area contributed by atoms with E-state index in [0.29, 0.717) is 17.5 Å². The van der Waals surface area contributed by atoms with Crippen LogP contribution in [0.3, 0.4) is 0 Å². The molecule has 0 spiro atoms. The first-order valence-corrected chi connectivity index (χ1v) is 14.5. The molecular weight excluding hydrogens is 546 g/mol. The number of amides is 3. The topological polar surface area (TPSA) is 114 Å². The van der Waals surface area contributed by atoms with Gasteiger partial charge in [-0.1, -0.05) is 55.3 Å². The van der Waals surface area contributed by atoms with Gasteiger partial charge in [-0.2, -0.15) is 0 Å². The van der Waals surface area contributed by atoms with Gasteiger partial charge < -0.3 is 25.0 Å². The van der Waals surface area contributed by atoms with Gasteiger partial charge in [0.2, 0.25) is 11.8 Å². The second-order valence-electron chi connectivity index (χ2n) is 12.4. The van der Waals surface area contributed by atoms with Gasteiger partial charge in [0, 0.05) is 18.5 Å². The summed E-state index contributed by atoms with van der Waals surface area (Å²) in [4.78, 5) is 55.1. The van der Waals surface area contributed by atoms with E-state index in [2.05, 4.69) is 16.6 Å². The molecule has 2 aromatic carbocycles. The fourth-order valence-electron chi connectivity index (χ4n) is 4.30. The van der Waals surface area contributed by atoms with E-state index in [0.717, 1.165) is 5.56 Å². The minimum atomic E-state index is -1.14. The average molecular weight is 592 g/mol. The highest BCUT2D eigenvalue weighted by atomic mass is 16.6. The van der Waals surface area contributed by atoms with Crippen molar-refractivity contribution in [1.29, 1.82) is 0 Å². The van der Waals surface area contributed by atoms with Gasteiger partial charge in [-0.3, -0.25) is 9.59 Å². The quantitative estimate of drug-likeness (QED) is 0.283. The van der Waals surface area contributed by atoms with Crippen LogP contribution in [-0.2, 0) is 30.3 Å². The van der Waals surface area contributed by atoms with Crippen LogP contribution in [-0.4, -0.2) is 58.6 Å². The van der Waals surface area contributed by atoms with Crippen LogP contribution in [0.5, 0.6) is 0 Å². The predicted molar refractivity (Wildman–Crippen MR) is 166 cm³/mol. The van der Waals surface area contributed by atoms with Crippen molar-refractivity contribution in [3.05, 3.63) is 71.3 Å². The lowest BCUT2D eigenvalue weighted by Gasteiger charge is -2.34. The number of alkyl carbamates (subject to hydrolysis) is 1. The molecule has 3 atom stereocenters. The van der Waals surface area contributed by atoms with E-state index in [-0.39, 0.29) is 13.0 Å². The Hall–Kier alpha value is -4.32. The number of carbonyl (C=O) groups is 4. The maximum absolute atomic E-state index is 14.2. The standard InChI is InChI=1S/C34H45N3O6/c1-10-21-37(30(39)23(3)35-32(41)43-34(7,8)9)28(26-19-17-24(11-2)18-20-26)29(38)36-27(31(40)42-33(4,5)6)22-25-15-13-12-14-16-25/h2,12-20,23,27-28H,10,21-22H2,1,3-9H3,(H,35,41)(H,36,38). The highest BCUT2D eigenvalue weighted by Crippen LogP contribution is 2.24. The molecule has 0 bridgehead atoms. The van der Waals surface area contributed by atoms with E-state index >= 15 is 0 Å². The van der Waals surface area contributed by atoms with Gasteiger partial charge in [-0.25, -0.2) is 9.59 Å². The Bertz CT molecular complexity index is 1290. The summed E-state index contributed by atoms with van der Waals surface area (Å²) in [5.41, 5.74) is 0.378. The first-order valence-electron chi connectivity index (χ1n) is 14.5. The average Bonchev–Trinajstić information content (AvgIpc) is 2.91. The summed E-state index contributed by atoms with van der Waals surface area (Å²) >= 11 is 0. The third-order valence-electron chi connectivity index (χ3n) is 6.09. The zero-order valence-corrected chi connectivity index (χ0v) is 26.5. The lowest BCUT2D eigenvalue weighted by Crippen LogP contribution is -2.54. The predicted octanol–water partition coefficient (Wildman–Crippen LogP) is 4.93. The number of carbonyl (C=O) groups excluding carboxylic acids is 4. The maximum Gasteiger partial charge on any atom is 0.408 e. The molecule has 0 aliphatic heterocycles. The number of rotatable bonds is 11. The molecule has 0 aliphatic rings. The molecular formula is C34H45N3O6. The molecule has 232 valence electrons. The highest BCUT2D eigenvalue weighted by Gasteiger charge is 2.37. The SMILES string of the molecule is C#Cc1ccc(C(C(=O)NC(Cc2ccccc2)C(=O)OC(C)(C)C)N(CCC)C(=O)C(C)NC(=O)OC(C)(C)C)cc1. The van der Waals surface area contributed by atoms with E-state index in [9.17, 15) is 19.2 Å². The first kappa shape index (κ1) is 34.9. The summed E-state index contributed by atoms with van der Waals surface area (Å²) in [5, 5.41) is 5.43. The lowest BCUT2D eigenvalue weighted by molar-refractivity contribution is -0.159. The van der Waals surface area contributed by atoms with Gasteiger partial charge in [-0.05, 0) is 78.1 Å². The number of terminal acetylenes is 1. The molecule has 0 saturated heterocycles. The number of esters is 1. The van der Waals surface area contributed by atoms with E-state index < -0.39 is 53.2 Å². The Kier molecular flexibility index (Phi) is 12.4. The summed E-state index contributed by atoms with van der Waals surface area (Å²) in [6, 6.07) is 12.8. The normalized spacial score (nSPS) is 13.5. The molecule has 43 heavy (non-hydrogen) atoms. The maximum atomic E-state index is 14.2. The van der Waals surface area contributed by atoms with Crippen molar-refractivity contribution in [3.63, 3.8) is 0 Å². The van der Waals surface area contributed by atoms with Crippen molar-refractivity contribution in [1.82, 2.24) is 15.5 Å². The molecule has 2 rings (SSSR count). The smallest absolute Gasteiger partial charge is 0.408 e. The summed E-state index contributed by atoms with van der Waals surface area (Å²) in [6.45, 7) is 14.0. The molecule has 9 heteroatoms. The van der Waals surface area contributed by atoms with Crippen LogP contribution in [0.4, 0.5) is 4.79 Å². The van der Waals surface area contributed by atoms with Crippen molar-refractivity contribution in [2.45, 2.75) is 97.6 Å². The van der Waals surface area contributed by atoms with Crippen LogP contribution < -0.4 is 10.6 Å². The van der Waals surface area contributed by atoms with Crippen LogP contribution in [0.1, 0.15) is 84.5 Å².